The van der Waals surface area contributed by atoms with Gasteiger partial charge >= 0.3 is 5.97 Å². The molecule has 0 aromatic rings. The van der Waals surface area contributed by atoms with E-state index in [1.807, 2.05) is 20.8 Å². The fourth-order valence-corrected chi connectivity index (χ4v) is 2.13. The average Bonchev–Trinajstić information content (AvgIpc) is 2.36. The van der Waals surface area contributed by atoms with Gasteiger partial charge in [-0.3, -0.25) is 10.1 Å². The summed E-state index contributed by atoms with van der Waals surface area (Å²) in [5.74, 6) is -0.194. The molecule has 0 heterocycles. The number of carbonyl (C=O) groups is 1. The molecule has 0 saturated carbocycles. The van der Waals surface area contributed by atoms with Gasteiger partial charge in [0.1, 0.15) is 5.54 Å². The normalized spacial score (nSPS) is 15.2. The van der Waals surface area contributed by atoms with E-state index in [2.05, 4.69) is 26.1 Å². The van der Waals surface area contributed by atoms with Crippen LogP contribution in [0.15, 0.2) is 0 Å². The molecule has 0 radical (unpaired) electrons. The average molecular weight is 287 g/mol. The maximum Gasteiger partial charge on any atom is 0.325 e. The number of rotatable bonds is 10. The zero-order valence-corrected chi connectivity index (χ0v) is 14.3. The first-order valence-corrected chi connectivity index (χ1v) is 7.67. The van der Waals surface area contributed by atoms with E-state index in [0.717, 1.165) is 32.3 Å². The van der Waals surface area contributed by atoms with E-state index >= 15 is 0 Å². The molecular weight excluding hydrogens is 254 g/mol. The van der Waals surface area contributed by atoms with Gasteiger partial charge in [-0.1, -0.05) is 6.92 Å². The molecule has 0 fully saturated rings. The number of methoxy groups -OCH3 is 1. The molecule has 0 bridgehead atoms. The molecule has 20 heavy (non-hydrogen) atoms. The number of unbranched alkanes of at least 4 members (excludes halogenated alkanes) is 1. The first-order chi connectivity index (χ1) is 9.17. The number of carbonyl (C=O) groups excluding carboxylic acids is 1. The van der Waals surface area contributed by atoms with Crippen molar-refractivity contribution in [3.8, 4) is 0 Å². The van der Waals surface area contributed by atoms with Crippen molar-refractivity contribution in [2.24, 2.45) is 0 Å². The lowest BCUT2D eigenvalue weighted by molar-refractivity contribution is -0.148. The number of nitrogens with one attached hydrogen (secondary N) is 1. The molecule has 0 spiro atoms. The molecular formula is C16H33NO3. The van der Waals surface area contributed by atoms with E-state index in [1.165, 1.54) is 7.11 Å². The molecule has 0 saturated heterocycles. The van der Waals surface area contributed by atoms with Crippen LogP contribution in [0.2, 0.25) is 0 Å². The van der Waals surface area contributed by atoms with E-state index in [9.17, 15) is 4.79 Å². The fourth-order valence-electron chi connectivity index (χ4n) is 2.13. The van der Waals surface area contributed by atoms with E-state index in [-0.39, 0.29) is 17.6 Å². The lowest BCUT2D eigenvalue weighted by atomic mass is 9.94. The van der Waals surface area contributed by atoms with Crippen LogP contribution < -0.4 is 5.32 Å². The van der Waals surface area contributed by atoms with E-state index in [4.69, 9.17) is 9.47 Å². The fraction of sp³-hybridized carbons (Fsp3) is 0.938. The van der Waals surface area contributed by atoms with Crippen LogP contribution in [0.1, 0.15) is 67.2 Å². The van der Waals surface area contributed by atoms with Gasteiger partial charge in [0.25, 0.3) is 0 Å². The molecule has 0 aromatic carbocycles. The third kappa shape index (κ3) is 7.25. The Labute approximate surface area is 124 Å². The van der Waals surface area contributed by atoms with Gasteiger partial charge < -0.3 is 9.47 Å². The van der Waals surface area contributed by atoms with Gasteiger partial charge in [-0.15, -0.1) is 0 Å². The van der Waals surface area contributed by atoms with Crippen LogP contribution >= 0.6 is 0 Å². The number of hydrogen-bond acceptors (Lipinski definition) is 4. The van der Waals surface area contributed by atoms with Crippen molar-refractivity contribution >= 4 is 5.97 Å². The second-order valence-corrected chi connectivity index (χ2v) is 6.54. The summed E-state index contributed by atoms with van der Waals surface area (Å²) in [5, 5.41) is 3.31. The predicted octanol–water partition coefficient (Wildman–Crippen LogP) is 3.29. The van der Waals surface area contributed by atoms with Crippen molar-refractivity contribution in [3.05, 3.63) is 0 Å². The predicted molar refractivity (Wildman–Crippen MR) is 82.9 cm³/mol. The van der Waals surface area contributed by atoms with Crippen molar-refractivity contribution in [3.63, 3.8) is 0 Å². The molecule has 0 aliphatic carbocycles. The van der Waals surface area contributed by atoms with Gasteiger partial charge in [0.05, 0.1) is 12.7 Å². The van der Waals surface area contributed by atoms with Crippen LogP contribution in [0.3, 0.4) is 0 Å². The van der Waals surface area contributed by atoms with Gasteiger partial charge in [0.15, 0.2) is 0 Å². The Balaban J connectivity index is 4.19. The van der Waals surface area contributed by atoms with Crippen molar-refractivity contribution in [1.82, 2.24) is 5.32 Å². The number of ether oxygens (including phenoxy) is 2. The molecule has 4 nitrogen and oxygen atoms in total. The Morgan fingerprint density at radius 2 is 1.80 bits per heavy atom. The summed E-state index contributed by atoms with van der Waals surface area (Å²) in [6, 6.07) is 0.245. The Bertz CT molecular complexity index is 289. The molecule has 1 N–H and O–H groups in total. The third-order valence-electron chi connectivity index (χ3n) is 3.66. The second-order valence-electron chi connectivity index (χ2n) is 6.54. The smallest absolute Gasteiger partial charge is 0.325 e. The van der Waals surface area contributed by atoms with Gasteiger partial charge in [-0.25, -0.2) is 0 Å². The molecule has 0 aliphatic rings. The van der Waals surface area contributed by atoms with Gasteiger partial charge in [0, 0.05) is 12.6 Å². The first kappa shape index (κ1) is 19.4. The minimum Gasteiger partial charge on any atom is -0.468 e. The number of hydrogen-bond donors (Lipinski definition) is 1. The summed E-state index contributed by atoms with van der Waals surface area (Å²) in [7, 11) is 1.44. The molecule has 4 heteroatoms. The number of esters is 1. The third-order valence-corrected chi connectivity index (χ3v) is 3.66. The topological polar surface area (TPSA) is 47.6 Å². The maximum absolute atomic E-state index is 11.9. The van der Waals surface area contributed by atoms with E-state index < -0.39 is 5.54 Å². The summed E-state index contributed by atoms with van der Waals surface area (Å²) >= 11 is 0. The van der Waals surface area contributed by atoms with Crippen LogP contribution in [0.4, 0.5) is 0 Å². The lowest BCUT2D eigenvalue weighted by Crippen LogP contribution is -2.52. The van der Waals surface area contributed by atoms with Crippen LogP contribution in [0.25, 0.3) is 0 Å². The first-order valence-electron chi connectivity index (χ1n) is 7.67. The minimum absolute atomic E-state index is 0.0537. The zero-order valence-electron chi connectivity index (χ0n) is 14.3. The summed E-state index contributed by atoms with van der Waals surface area (Å²) in [6.45, 7) is 13.1. The van der Waals surface area contributed by atoms with Crippen molar-refractivity contribution in [1.29, 1.82) is 0 Å². The van der Waals surface area contributed by atoms with Crippen LogP contribution in [0.5, 0.6) is 0 Å². The van der Waals surface area contributed by atoms with Crippen molar-refractivity contribution in [2.75, 3.05) is 13.7 Å². The highest BCUT2D eigenvalue weighted by Gasteiger charge is 2.34. The molecule has 1 atom stereocenters. The van der Waals surface area contributed by atoms with Gasteiger partial charge in [-0.05, 0) is 60.3 Å². The van der Waals surface area contributed by atoms with Crippen molar-refractivity contribution < 1.29 is 14.3 Å². The Hall–Kier alpha value is -0.610. The van der Waals surface area contributed by atoms with Gasteiger partial charge in [0.2, 0.25) is 0 Å². The molecule has 0 amide bonds. The molecule has 0 rings (SSSR count). The Morgan fingerprint density at radius 3 is 2.25 bits per heavy atom. The molecule has 0 aliphatic heterocycles. The van der Waals surface area contributed by atoms with E-state index in [0.29, 0.717) is 0 Å². The lowest BCUT2D eigenvalue weighted by Gasteiger charge is -2.30. The Kier molecular flexibility index (Phi) is 8.36. The summed E-state index contributed by atoms with van der Waals surface area (Å²) in [5.41, 5.74) is -0.662. The SMILES string of the molecule is CCC(C)(C)OCCCCC(C)(NC(C)C)C(=O)OC. The Morgan fingerprint density at radius 1 is 1.20 bits per heavy atom. The largest absolute Gasteiger partial charge is 0.468 e. The highest BCUT2D eigenvalue weighted by atomic mass is 16.5. The van der Waals surface area contributed by atoms with Crippen LogP contribution in [-0.2, 0) is 14.3 Å². The molecule has 120 valence electrons. The monoisotopic (exact) mass is 287 g/mol. The highest BCUT2D eigenvalue weighted by molar-refractivity contribution is 5.80. The van der Waals surface area contributed by atoms with Crippen LogP contribution in [-0.4, -0.2) is 36.9 Å². The summed E-state index contributed by atoms with van der Waals surface area (Å²) in [6.07, 6.45) is 3.65. The minimum atomic E-state index is -0.608. The molecule has 0 aromatic heterocycles. The second kappa shape index (κ2) is 8.63. The summed E-state index contributed by atoms with van der Waals surface area (Å²) < 4.78 is 10.7. The highest BCUT2D eigenvalue weighted by Crippen LogP contribution is 2.19. The van der Waals surface area contributed by atoms with E-state index in [1.54, 1.807) is 0 Å². The zero-order chi connectivity index (χ0) is 15.8. The van der Waals surface area contributed by atoms with Crippen LogP contribution in [0, 0.1) is 0 Å². The van der Waals surface area contributed by atoms with Gasteiger partial charge in [-0.2, -0.15) is 0 Å². The van der Waals surface area contributed by atoms with Crippen molar-refractivity contribution in [2.45, 2.75) is 84.4 Å². The molecule has 1 unspecified atom stereocenters. The summed E-state index contributed by atoms with van der Waals surface area (Å²) in [4.78, 5) is 11.9. The maximum atomic E-state index is 11.9. The quantitative estimate of drug-likeness (QED) is 0.495. The standard InChI is InChI=1S/C16H33NO3/c1-8-15(4,5)20-12-10-9-11-16(6,14(18)19-7)17-13(2)3/h13,17H,8-12H2,1-7H3.